The maximum Gasteiger partial charge on any atom is 0.334 e. The highest BCUT2D eigenvalue weighted by atomic mass is 16.5. The lowest BCUT2D eigenvalue weighted by molar-refractivity contribution is -0.136. The summed E-state index contributed by atoms with van der Waals surface area (Å²) in [6, 6.07) is 0. The Morgan fingerprint density at radius 2 is 2.45 bits per heavy atom. The van der Waals surface area contributed by atoms with E-state index in [1.54, 1.807) is 0 Å². The van der Waals surface area contributed by atoms with Crippen LogP contribution < -0.4 is 0 Å². The molecule has 0 radical (unpaired) electrons. The first-order valence-corrected chi connectivity index (χ1v) is 3.79. The number of fused-ring (bicyclic) bond motifs is 2. The first-order valence-electron chi connectivity index (χ1n) is 3.79. The van der Waals surface area contributed by atoms with Gasteiger partial charge in [-0.1, -0.05) is 18.2 Å². The van der Waals surface area contributed by atoms with E-state index < -0.39 is 0 Å². The first kappa shape index (κ1) is 6.65. The summed E-state index contributed by atoms with van der Waals surface area (Å²) in [6.45, 7) is 0. The number of ether oxygens (including phenoxy) is 1. The van der Waals surface area contributed by atoms with Crippen LogP contribution in [0.3, 0.4) is 0 Å². The number of rotatable bonds is 1. The molecule has 2 bridgehead atoms. The van der Waals surface area contributed by atoms with Crippen molar-refractivity contribution in [2.24, 2.45) is 11.8 Å². The molecule has 2 heteroatoms. The van der Waals surface area contributed by atoms with Crippen molar-refractivity contribution in [1.29, 1.82) is 0 Å². The molecule has 2 aliphatic carbocycles. The number of esters is 1. The molecule has 11 heavy (non-hydrogen) atoms. The molecule has 0 fully saturated rings. The van der Waals surface area contributed by atoms with Gasteiger partial charge in [-0.3, -0.25) is 0 Å². The minimum absolute atomic E-state index is 0.165. The zero-order valence-corrected chi connectivity index (χ0v) is 6.41. The Balaban J connectivity index is 2.19. The van der Waals surface area contributed by atoms with Crippen LogP contribution in [0.2, 0.25) is 0 Å². The van der Waals surface area contributed by atoms with Crippen LogP contribution in [-0.4, -0.2) is 13.1 Å². The van der Waals surface area contributed by atoms with Crippen LogP contribution in [0.4, 0.5) is 0 Å². The molecule has 0 saturated heterocycles. The number of hydrogen-bond acceptors (Lipinski definition) is 2. The number of methoxy groups -OCH3 is 1. The van der Waals surface area contributed by atoms with E-state index >= 15 is 0 Å². The van der Waals surface area contributed by atoms with Gasteiger partial charge in [-0.25, -0.2) is 4.79 Å². The highest BCUT2D eigenvalue weighted by Gasteiger charge is 2.32. The third-order valence-corrected chi connectivity index (χ3v) is 2.33. The number of allylic oxidation sites excluding steroid dienone is 3. The van der Waals surface area contributed by atoms with Gasteiger partial charge in [-0.2, -0.15) is 0 Å². The number of carbonyl (C=O) groups is 1. The summed E-state index contributed by atoms with van der Waals surface area (Å²) < 4.78 is 4.65. The molecule has 2 atom stereocenters. The Hall–Kier alpha value is -1.05. The van der Waals surface area contributed by atoms with Crippen molar-refractivity contribution < 1.29 is 9.53 Å². The van der Waals surface area contributed by atoms with Gasteiger partial charge >= 0.3 is 5.97 Å². The van der Waals surface area contributed by atoms with E-state index in [1.165, 1.54) is 7.11 Å². The normalized spacial score (nSPS) is 32.3. The van der Waals surface area contributed by atoms with Crippen molar-refractivity contribution in [2.45, 2.75) is 6.42 Å². The quantitative estimate of drug-likeness (QED) is 0.416. The molecule has 0 amide bonds. The Bertz CT molecular complexity index is 250. The minimum atomic E-state index is -0.165. The molecule has 2 unspecified atom stereocenters. The predicted octanol–water partition coefficient (Wildman–Crippen LogP) is 1.29. The predicted molar refractivity (Wildman–Crippen MR) is 40.8 cm³/mol. The molecule has 0 heterocycles. The summed E-state index contributed by atoms with van der Waals surface area (Å²) in [7, 11) is 1.43. The maximum atomic E-state index is 11.1. The highest BCUT2D eigenvalue weighted by molar-refractivity contribution is 5.90. The van der Waals surface area contributed by atoms with Gasteiger partial charge in [0.2, 0.25) is 0 Å². The summed E-state index contributed by atoms with van der Waals surface area (Å²) in [5.41, 5.74) is 0.847. The molecule has 0 aliphatic heterocycles. The first-order chi connectivity index (χ1) is 5.31. The molecule has 0 saturated carbocycles. The molecule has 0 aromatic rings. The molecule has 0 spiro atoms. The van der Waals surface area contributed by atoms with Gasteiger partial charge in [0.25, 0.3) is 0 Å². The summed E-state index contributed by atoms with van der Waals surface area (Å²) in [4.78, 5) is 11.1. The second kappa shape index (κ2) is 2.22. The summed E-state index contributed by atoms with van der Waals surface area (Å²) in [5.74, 6) is 0.670. The third kappa shape index (κ3) is 0.897. The molecule has 0 N–H and O–H groups in total. The molecule has 58 valence electrons. The van der Waals surface area contributed by atoms with E-state index in [-0.39, 0.29) is 5.97 Å². The van der Waals surface area contributed by atoms with Crippen molar-refractivity contribution in [3.8, 4) is 0 Å². The second-order valence-electron chi connectivity index (χ2n) is 3.00. The van der Waals surface area contributed by atoms with Gasteiger partial charge in [0.05, 0.1) is 7.11 Å². The Morgan fingerprint density at radius 1 is 1.64 bits per heavy atom. The van der Waals surface area contributed by atoms with Crippen molar-refractivity contribution in [3.05, 3.63) is 23.8 Å². The average molecular weight is 150 g/mol. The van der Waals surface area contributed by atoms with E-state index in [9.17, 15) is 4.79 Å². The SMILES string of the molecule is COC(=O)C1=CC2C=CC1C2. The smallest absolute Gasteiger partial charge is 0.334 e. The van der Waals surface area contributed by atoms with Gasteiger partial charge in [0, 0.05) is 11.5 Å². The van der Waals surface area contributed by atoms with Crippen LogP contribution >= 0.6 is 0 Å². The van der Waals surface area contributed by atoms with Crippen LogP contribution in [0.5, 0.6) is 0 Å². The molecule has 2 aliphatic rings. The fourth-order valence-electron chi connectivity index (χ4n) is 1.77. The minimum Gasteiger partial charge on any atom is -0.466 e. The number of hydrogen-bond donors (Lipinski definition) is 0. The maximum absolute atomic E-state index is 11.1. The highest BCUT2D eigenvalue weighted by Crippen LogP contribution is 2.38. The third-order valence-electron chi connectivity index (χ3n) is 2.33. The van der Waals surface area contributed by atoms with Crippen LogP contribution in [0, 0.1) is 11.8 Å². The summed E-state index contributed by atoms with van der Waals surface area (Å²) in [6.07, 6.45) is 7.33. The lowest BCUT2D eigenvalue weighted by atomic mass is 10.0. The van der Waals surface area contributed by atoms with Gasteiger partial charge in [0.1, 0.15) is 0 Å². The van der Waals surface area contributed by atoms with Gasteiger partial charge in [-0.05, 0) is 12.3 Å². The molecule has 0 aromatic carbocycles. The second-order valence-corrected chi connectivity index (χ2v) is 3.00. The number of carbonyl (C=O) groups excluding carboxylic acids is 1. The van der Waals surface area contributed by atoms with E-state index in [2.05, 4.69) is 16.9 Å². The van der Waals surface area contributed by atoms with Crippen LogP contribution in [0.25, 0.3) is 0 Å². The van der Waals surface area contributed by atoms with Crippen molar-refractivity contribution in [3.63, 3.8) is 0 Å². The largest absolute Gasteiger partial charge is 0.466 e. The Labute approximate surface area is 65.5 Å². The van der Waals surface area contributed by atoms with Gasteiger partial charge < -0.3 is 4.74 Å². The van der Waals surface area contributed by atoms with Crippen molar-refractivity contribution in [1.82, 2.24) is 0 Å². The van der Waals surface area contributed by atoms with Crippen LogP contribution in [0.1, 0.15) is 6.42 Å². The molecular formula is C9H10O2. The zero-order chi connectivity index (χ0) is 7.84. The Morgan fingerprint density at radius 3 is 2.91 bits per heavy atom. The van der Waals surface area contributed by atoms with Gasteiger partial charge in [0.15, 0.2) is 0 Å². The lowest BCUT2D eigenvalue weighted by Gasteiger charge is -2.05. The van der Waals surface area contributed by atoms with Crippen molar-refractivity contribution in [2.75, 3.05) is 7.11 Å². The van der Waals surface area contributed by atoms with E-state index in [4.69, 9.17) is 0 Å². The van der Waals surface area contributed by atoms with E-state index in [1.807, 2.05) is 6.08 Å². The fourth-order valence-corrected chi connectivity index (χ4v) is 1.77. The van der Waals surface area contributed by atoms with E-state index in [0.717, 1.165) is 12.0 Å². The standard InChI is InChI=1S/C9H10O2/c1-11-9(10)8-5-6-2-3-7(8)4-6/h2-3,5-7H,4H2,1H3. The van der Waals surface area contributed by atoms with Crippen molar-refractivity contribution >= 4 is 5.97 Å². The fraction of sp³-hybridized carbons (Fsp3) is 0.444. The molecule has 2 rings (SSSR count). The molecule has 2 nitrogen and oxygen atoms in total. The lowest BCUT2D eigenvalue weighted by Crippen LogP contribution is -2.09. The monoisotopic (exact) mass is 150 g/mol. The summed E-state index contributed by atoms with van der Waals surface area (Å²) in [5, 5.41) is 0. The van der Waals surface area contributed by atoms with E-state index in [0.29, 0.717) is 11.8 Å². The topological polar surface area (TPSA) is 26.3 Å². The molecular weight excluding hydrogens is 140 g/mol. The zero-order valence-electron chi connectivity index (χ0n) is 6.41. The molecule has 0 aromatic heterocycles. The van der Waals surface area contributed by atoms with Gasteiger partial charge in [-0.15, -0.1) is 0 Å². The average Bonchev–Trinajstić information content (AvgIpc) is 2.62. The summed E-state index contributed by atoms with van der Waals surface area (Å²) >= 11 is 0. The Kier molecular flexibility index (Phi) is 1.34. The van der Waals surface area contributed by atoms with Crippen LogP contribution in [0.15, 0.2) is 23.8 Å². The van der Waals surface area contributed by atoms with Crippen LogP contribution in [-0.2, 0) is 9.53 Å².